The van der Waals surface area contributed by atoms with E-state index >= 15 is 0 Å². The Hall–Kier alpha value is -4.00. The van der Waals surface area contributed by atoms with E-state index in [1.807, 2.05) is 56.3 Å². The van der Waals surface area contributed by atoms with Crippen LogP contribution in [0.2, 0.25) is 0 Å². The molecule has 0 saturated carbocycles. The van der Waals surface area contributed by atoms with Gasteiger partial charge in [-0.15, -0.1) is 0 Å². The van der Waals surface area contributed by atoms with Crippen molar-refractivity contribution in [3.8, 4) is 0 Å². The minimum atomic E-state index is -0.285. The van der Waals surface area contributed by atoms with Crippen molar-refractivity contribution in [2.24, 2.45) is 4.99 Å². The fourth-order valence-electron chi connectivity index (χ4n) is 3.13. The highest BCUT2D eigenvalue weighted by atomic mass is 16.2. The van der Waals surface area contributed by atoms with Gasteiger partial charge in [0.15, 0.2) is 0 Å². The zero-order valence-corrected chi connectivity index (χ0v) is 18.5. The molecule has 0 unspecified atom stereocenters. The van der Waals surface area contributed by atoms with Gasteiger partial charge in [-0.25, -0.2) is 4.99 Å². The summed E-state index contributed by atoms with van der Waals surface area (Å²) in [6, 6.07) is 18.8. The SMILES string of the molecule is CC(=O)NCc1ccc(C(=O)NC(=NCc2ccccn2)Nc2cc(C)cc(C)c2)cc1. The first-order valence-corrected chi connectivity index (χ1v) is 10.3. The van der Waals surface area contributed by atoms with Crippen molar-refractivity contribution in [1.82, 2.24) is 15.6 Å². The Morgan fingerprint density at radius 2 is 1.69 bits per heavy atom. The predicted molar refractivity (Wildman–Crippen MR) is 126 cm³/mol. The maximum absolute atomic E-state index is 12.9. The number of aliphatic imine (C=N–C) groups is 1. The van der Waals surface area contributed by atoms with Gasteiger partial charge in [-0.05, 0) is 66.9 Å². The summed E-state index contributed by atoms with van der Waals surface area (Å²) < 4.78 is 0. The average Bonchev–Trinajstić information content (AvgIpc) is 2.76. The molecule has 0 aliphatic carbocycles. The molecule has 164 valence electrons. The van der Waals surface area contributed by atoms with Crippen LogP contribution in [-0.2, 0) is 17.9 Å². The Morgan fingerprint density at radius 1 is 0.969 bits per heavy atom. The summed E-state index contributed by atoms with van der Waals surface area (Å²) in [5.74, 6) is -0.0428. The maximum atomic E-state index is 12.9. The lowest BCUT2D eigenvalue weighted by Crippen LogP contribution is -2.36. The lowest BCUT2D eigenvalue weighted by atomic mass is 10.1. The predicted octanol–water partition coefficient (Wildman–Crippen LogP) is 3.73. The number of anilines is 1. The summed E-state index contributed by atoms with van der Waals surface area (Å²) in [6.45, 7) is 6.25. The van der Waals surface area contributed by atoms with E-state index in [1.165, 1.54) is 6.92 Å². The molecular formula is C25H27N5O2. The molecule has 0 bridgehead atoms. The van der Waals surface area contributed by atoms with E-state index in [-0.39, 0.29) is 11.8 Å². The van der Waals surface area contributed by atoms with Crippen LogP contribution in [0.25, 0.3) is 0 Å². The quantitative estimate of drug-likeness (QED) is 0.411. The van der Waals surface area contributed by atoms with Gasteiger partial charge in [0.05, 0.1) is 12.2 Å². The lowest BCUT2D eigenvalue weighted by molar-refractivity contribution is -0.119. The third-order valence-corrected chi connectivity index (χ3v) is 4.60. The van der Waals surface area contributed by atoms with Gasteiger partial charge in [0, 0.05) is 30.9 Å². The summed E-state index contributed by atoms with van der Waals surface area (Å²) >= 11 is 0. The summed E-state index contributed by atoms with van der Waals surface area (Å²) in [6.07, 6.45) is 1.71. The van der Waals surface area contributed by atoms with E-state index in [9.17, 15) is 9.59 Å². The third kappa shape index (κ3) is 7.05. The van der Waals surface area contributed by atoms with Crippen molar-refractivity contribution in [1.29, 1.82) is 0 Å². The Kier molecular flexibility index (Phi) is 7.70. The fraction of sp³-hybridized carbons (Fsp3) is 0.200. The molecule has 1 aromatic heterocycles. The molecule has 0 saturated heterocycles. The number of aromatic nitrogens is 1. The number of amides is 2. The van der Waals surface area contributed by atoms with Crippen molar-refractivity contribution in [3.05, 3.63) is 94.8 Å². The number of benzene rings is 2. The Balaban J connectivity index is 1.76. The molecule has 2 aromatic carbocycles. The summed E-state index contributed by atoms with van der Waals surface area (Å²) in [5, 5.41) is 8.82. The second-order valence-corrected chi connectivity index (χ2v) is 7.55. The molecule has 1 heterocycles. The van der Waals surface area contributed by atoms with E-state index in [2.05, 4.69) is 32.0 Å². The third-order valence-electron chi connectivity index (χ3n) is 4.60. The second-order valence-electron chi connectivity index (χ2n) is 7.55. The van der Waals surface area contributed by atoms with Crippen LogP contribution in [-0.4, -0.2) is 22.8 Å². The number of carbonyl (C=O) groups is 2. The van der Waals surface area contributed by atoms with Crippen molar-refractivity contribution in [2.75, 3.05) is 5.32 Å². The summed E-state index contributed by atoms with van der Waals surface area (Å²) in [4.78, 5) is 32.7. The number of hydrogen-bond donors (Lipinski definition) is 3. The summed E-state index contributed by atoms with van der Waals surface area (Å²) in [5.41, 5.74) is 5.26. The Morgan fingerprint density at radius 3 is 2.31 bits per heavy atom. The molecule has 7 nitrogen and oxygen atoms in total. The molecule has 3 aromatic rings. The van der Waals surface area contributed by atoms with Gasteiger partial charge in [0.1, 0.15) is 0 Å². The van der Waals surface area contributed by atoms with Crippen LogP contribution in [0, 0.1) is 13.8 Å². The summed E-state index contributed by atoms with van der Waals surface area (Å²) in [7, 11) is 0. The van der Waals surface area contributed by atoms with Gasteiger partial charge in [0.2, 0.25) is 11.9 Å². The van der Waals surface area contributed by atoms with Gasteiger partial charge in [-0.3, -0.25) is 19.9 Å². The molecular weight excluding hydrogens is 402 g/mol. The highest BCUT2D eigenvalue weighted by Gasteiger charge is 2.10. The topological polar surface area (TPSA) is 95.5 Å². The monoisotopic (exact) mass is 429 g/mol. The molecule has 0 spiro atoms. The molecule has 32 heavy (non-hydrogen) atoms. The zero-order valence-electron chi connectivity index (χ0n) is 18.5. The largest absolute Gasteiger partial charge is 0.352 e. The number of aryl methyl sites for hydroxylation is 2. The highest BCUT2D eigenvalue weighted by molar-refractivity contribution is 6.10. The van der Waals surface area contributed by atoms with Gasteiger partial charge < -0.3 is 10.6 Å². The lowest BCUT2D eigenvalue weighted by Gasteiger charge is -2.13. The number of guanidine groups is 1. The van der Waals surface area contributed by atoms with Crippen LogP contribution in [0.4, 0.5) is 5.69 Å². The van der Waals surface area contributed by atoms with Gasteiger partial charge >= 0.3 is 0 Å². The number of pyridine rings is 1. The molecule has 0 atom stereocenters. The minimum absolute atomic E-state index is 0.0990. The van der Waals surface area contributed by atoms with Crippen LogP contribution in [0.15, 0.2) is 71.9 Å². The van der Waals surface area contributed by atoms with Crippen molar-refractivity contribution >= 4 is 23.5 Å². The maximum Gasteiger partial charge on any atom is 0.257 e. The highest BCUT2D eigenvalue weighted by Crippen LogP contribution is 2.14. The van der Waals surface area contributed by atoms with Crippen LogP contribution in [0.5, 0.6) is 0 Å². The fourth-order valence-corrected chi connectivity index (χ4v) is 3.13. The Labute approximate surface area is 188 Å². The number of hydrogen-bond acceptors (Lipinski definition) is 4. The molecule has 3 N–H and O–H groups in total. The molecule has 0 radical (unpaired) electrons. The first-order valence-electron chi connectivity index (χ1n) is 10.3. The van der Waals surface area contributed by atoms with Crippen LogP contribution in [0.3, 0.4) is 0 Å². The first-order chi connectivity index (χ1) is 15.4. The van der Waals surface area contributed by atoms with Gasteiger partial charge in [-0.2, -0.15) is 0 Å². The number of carbonyl (C=O) groups excluding carboxylic acids is 2. The van der Waals surface area contributed by atoms with Crippen LogP contribution in [0.1, 0.15) is 39.7 Å². The molecule has 0 fully saturated rings. The minimum Gasteiger partial charge on any atom is -0.352 e. The van der Waals surface area contributed by atoms with Gasteiger partial charge in [-0.1, -0.05) is 24.3 Å². The molecule has 0 aliphatic heterocycles. The average molecular weight is 430 g/mol. The van der Waals surface area contributed by atoms with Crippen LogP contribution < -0.4 is 16.0 Å². The molecule has 3 rings (SSSR count). The first kappa shape index (κ1) is 22.7. The smallest absolute Gasteiger partial charge is 0.257 e. The molecule has 7 heteroatoms. The number of nitrogens with zero attached hydrogens (tertiary/aromatic N) is 2. The molecule has 0 aliphatic rings. The van der Waals surface area contributed by atoms with Crippen molar-refractivity contribution < 1.29 is 9.59 Å². The number of rotatable bonds is 6. The van der Waals surface area contributed by atoms with Gasteiger partial charge in [0.25, 0.3) is 5.91 Å². The van der Waals surface area contributed by atoms with Crippen LogP contribution >= 0.6 is 0 Å². The second kappa shape index (κ2) is 10.9. The van der Waals surface area contributed by atoms with Crippen molar-refractivity contribution in [3.63, 3.8) is 0 Å². The van der Waals surface area contributed by atoms with Crippen molar-refractivity contribution in [2.45, 2.75) is 33.9 Å². The van der Waals surface area contributed by atoms with E-state index in [0.717, 1.165) is 28.1 Å². The zero-order chi connectivity index (χ0) is 22.9. The van der Waals surface area contributed by atoms with E-state index in [4.69, 9.17) is 0 Å². The van der Waals surface area contributed by atoms with E-state index in [1.54, 1.807) is 18.3 Å². The van der Waals surface area contributed by atoms with E-state index in [0.29, 0.717) is 24.6 Å². The Bertz CT molecular complexity index is 1090. The number of nitrogens with one attached hydrogen (secondary N) is 3. The standard InChI is InChI=1S/C25H27N5O2/c1-17-12-18(2)14-23(13-17)29-25(28-16-22-6-4-5-11-26-22)30-24(32)21-9-7-20(8-10-21)15-27-19(3)31/h4-14H,15-16H2,1-3H3,(H,27,31)(H2,28,29,30,32). The molecule has 2 amide bonds. The van der Waals surface area contributed by atoms with E-state index < -0.39 is 0 Å². The normalized spacial score (nSPS) is 11.0.